The molecule has 1 saturated carbocycles. The summed E-state index contributed by atoms with van der Waals surface area (Å²) in [6, 6.07) is 5.78. The van der Waals surface area contributed by atoms with E-state index in [-0.39, 0.29) is 0 Å². The molecule has 1 aromatic carbocycles. The van der Waals surface area contributed by atoms with Crippen molar-refractivity contribution in [2.75, 3.05) is 18.5 Å². The zero-order chi connectivity index (χ0) is 13.1. The number of aromatic nitrogens is 1. The molecule has 19 heavy (non-hydrogen) atoms. The zero-order valence-corrected chi connectivity index (χ0v) is 12.3. The Morgan fingerprint density at radius 2 is 2.21 bits per heavy atom. The van der Waals surface area contributed by atoms with Gasteiger partial charge >= 0.3 is 0 Å². The largest absolute Gasteiger partial charge is 0.376 e. The molecule has 1 aliphatic rings. The quantitative estimate of drug-likeness (QED) is 0.834. The smallest absolute Gasteiger partial charge is 0.183 e. The first-order chi connectivity index (χ1) is 9.31. The molecule has 1 aliphatic carbocycles. The molecule has 0 amide bonds. The number of anilines is 1. The molecule has 1 N–H and O–H groups in total. The average Bonchev–Trinajstić information content (AvgIpc) is 3.02. The fourth-order valence-corrected chi connectivity index (χ4v) is 3.58. The van der Waals surface area contributed by atoms with Crippen LogP contribution in [0.2, 0.25) is 5.02 Å². The van der Waals surface area contributed by atoms with Crippen LogP contribution in [0.3, 0.4) is 0 Å². The lowest BCUT2D eigenvalue weighted by atomic mass is 10.3. The van der Waals surface area contributed by atoms with Crippen LogP contribution in [0.4, 0.5) is 5.13 Å². The molecule has 1 heterocycles. The van der Waals surface area contributed by atoms with Gasteiger partial charge in [-0.25, -0.2) is 4.98 Å². The molecule has 0 radical (unpaired) electrons. The molecule has 0 unspecified atom stereocenters. The second-order valence-electron chi connectivity index (χ2n) is 4.84. The molecule has 0 spiro atoms. The van der Waals surface area contributed by atoms with Crippen molar-refractivity contribution in [3.05, 3.63) is 23.2 Å². The van der Waals surface area contributed by atoms with Crippen LogP contribution in [0.1, 0.15) is 25.7 Å². The van der Waals surface area contributed by atoms with E-state index >= 15 is 0 Å². The Bertz CT molecular complexity index is 551. The fraction of sp³-hybridized carbons (Fsp3) is 0.500. The number of ether oxygens (including phenoxy) is 1. The lowest BCUT2D eigenvalue weighted by Gasteiger charge is -2.10. The highest BCUT2D eigenvalue weighted by atomic mass is 35.5. The van der Waals surface area contributed by atoms with E-state index in [9.17, 15) is 0 Å². The van der Waals surface area contributed by atoms with Crippen molar-refractivity contribution in [1.82, 2.24) is 4.98 Å². The number of fused-ring (bicyclic) bond motifs is 1. The summed E-state index contributed by atoms with van der Waals surface area (Å²) in [5.74, 6) is 0. The number of benzene rings is 1. The summed E-state index contributed by atoms with van der Waals surface area (Å²) in [7, 11) is 0. The zero-order valence-electron chi connectivity index (χ0n) is 10.7. The molecule has 3 nitrogen and oxygen atoms in total. The third-order valence-corrected chi connectivity index (χ3v) is 4.60. The summed E-state index contributed by atoms with van der Waals surface area (Å²) < 4.78 is 6.93. The molecule has 1 fully saturated rings. The van der Waals surface area contributed by atoms with E-state index in [1.165, 1.54) is 25.7 Å². The van der Waals surface area contributed by atoms with Gasteiger partial charge in [0.1, 0.15) is 0 Å². The van der Waals surface area contributed by atoms with E-state index in [1.807, 2.05) is 18.2 Å². The first-order valence-corrected chi connectivity index (χ1v) is 7.92. The normalized spacial score (nSPS) is 16.3. The van der Waals surface area contributed by atoms with Gasteiger partial charge in [0.2, 0.25) is 0 Å². The molecular formula is C14H17ClN2OS. The van der Waals surface area contributed by atoms with Gasteiger partial charge in [-0.2, -0.15) is 0 Å². The molecular weight excluding hydrogens is 280 g/mol. The van der Waals surface area contributed by atoms with Gasteiger partial charge in [0.05, 0.1) is 22.9 Å². The molecule has 0 bridgehead atoms. The maximum absolute atomic E-state index is 5.97. The van der Waals surface area contributed by atoms with Crippen LogP contribution in [0.5, 0.6) is 0 Å². The van der Waals surface area contributed by atoms with E-state index in [0.717, 1.165) is 33.5 Å². The Kier molecular flexibility index (Phi) is 4.21. The second kappa shape index (κ2) is 6.07. The topological polar surface area (TPSA) is 34.2 Å². The standard InChI is InChI=1S/C14H17ClN2OS/c15-10-5-6-12-13(9-10)19-14(17-12)16-7-8-18-11-3-1-2-4-11/h5-6,9,11H,1-4,7-8H2,(H,16,17). The van der Waals surface area contributed by atoms with Gasteiger partial charge in [0.25, 0.3) is 0 Å². The molecule has 1 aromatic heterocycles. The van der Waals surface area contributed by atoms with E-state index < -0.39 is 0 Å². The van der Waals surface area contributed by atoms with Gasteiger partial charge in [0.15, 0.2) is 5.13 Å². The maximum Gasteiger partial charge on any atom is 0.183 e. The number of nitrogens with zero attached hydrogens (tertiary/aromatic N) is 1. The summed E-state index contributed by atoms with van der Waals surface area (Å²) in [5, 5.41) is 5.01. The van der Waals surface area contributed by atoms with Crippen molar-refractivity contribution < 1.29 is 4.74 Å². The predicted molar refractivity (Wildman–Crippen MR) is 81.3 cm³/mol. The summed E-state index contributed by atoms with van der Waals surface area (Å²) in [6.07, 6.45) is 5.56. The van der Waals surface area contributed by atoms with Crippen molar-refractivity contribution in [3.8, 4) is 0 Å². The predicted octanol–water partition coefficient (Wildman–Crippen LogP) is 4.32. The molecule has 102 valence electrons. The third kappa shape index (κ3) is 3.38. The number of rotatable bonds is 5. The van der Waals surface area contributed by atoms with Gasteiger partial charge in [-0.1, -0.05) is 35.8 Å². The Morgan fingerprint density at radius 3 is 3.05 bits per heavy atom. The fourth-order valence-electron chi connectivity index (χ4n) is 2.41. The summed E-state index contributed by atoms with van der Waals surface area (Å²) in [5.41, 5.74) is 0.994. The highest BCUT2D eigenvalue weighted by Crippen LogP contribution is 2.28. The summed E-state index contributed by atoms with van der Waals surface area (Å²) in [6.45, 7) is 1.56. The highest BCUT2D eigenvalue weighted by molar-refractivity contribution is 7.22. The van der Waals surface area contributed by atoms with Crippen LogP contribution < -0.4 is 5.32 Å². The third-order valence-electron chi connectivity index (χ3n) is 3.38. The molecule has 2 aromatic rings. The Morgan fingerprint density at radius 1 is 1.37 bits per heavy atom. The van der Waals surface area contributed by atoms with Crippen LogP contribution in [0, 0.1) is 0 Å². The number of hydrogen-bond acceptors (Lipinski definition) is 4. The van der Waals surface area contributed by atoms with Gasteiger partial charge in [-0.15, -0.1) is 0 Å². The van der Waals surface area contributed by atoms with E-state index in [0.29, 0.717) is 6.10 Å². The van der Waals surface area contributed by atoms with Crippen molar-refractivity contribution in [2.45, 2.75) is 31.8 Å². The van der Waals surface area contributed by atoms with Gasteiger partial charge < -0.3 is 10.1 Å². The van der Waals surface area contributed by atoms with Gasteiger partial charge in [-0.3, -0.25) is 0 Å². The minimum atomic E-state index is 0.482. The average molecular weight is 297 g/mol. The van der Waals surface area contributed by atoms with Crippen molar-refractivity contribution in [1.29, 1.82) is 0 Å². The minimum absolute atomic E-state index is 0.482. The lowest BCUT2D eigenvalue weighted by molar-refractivity contribution is 0.0659. The van der Waals surface area contributed by atoms with Crippen LogP contribution in [0.15, 0.2) is 18.2 Å². The maximum atomic E-state index is 5.97. The first kappa shape index (κ1) is 13.2. The molecule has 5 heteroatoms. The SMILES string of the molecule is Clc1ccc2nc(NCCOC3CCCC3)sc2c1. The lowest BCUT2D eigenvalue weighted by Crippen LogP contribution is -2.15. The number of halogens is 1. The summed E-state index contributed by atoms with van der Waals surface area (Å²) >= 11 is 7.60. The Labute approximate surface area is 121 Å². The number of hydrogen-bond donors (Lipinski definition) is 1. The van der Waals surface area contributed by atoms with E-state index in [4.69, 9.17) is 16.3 Å². The second-order valence-corrected chi connectivity index (χ2v) is 6.30. The van der Waals surface area contributed by atoms with Crippen molar-refractivity contribution in [2.24, 2.45) is 0 Å². The van der Waals surface area contributed by atoms with E-state index in [2.05, 4.69) is 10.3 Å². The molecule has 0 aliphatic heterocycles. The number of nitrogens with one attached hydrogen (secondary N) is 1. The van der Waals surface area contributed by atoms with Crippen molar-refractivity contribution in [3.63, 3.8) is 0 Å². The van der Waals surface area contributed by atoms with Gasteiger partial charge in [0, 0.05) is 11.6 Å². The van der Waals surface area contributed by atoms with Crippen LogP contribution in [-0.4, -0.2) is 24.2 Å². The molecule has 3 rings (SSSR count). The Balaban J connectivity index is 1.50. The van der Waals surface area contributed by atoms with Gasteiger partial charge in [-0.05, 0) is 31.0 Å². The minimum Gasteiger partial charge on any atom is -0.376 e. The number of thiazole rings is 1. The van der Waals surface area contributed by atoms with Crippen LogP contribution in [0.25, 0.3) is 10.2 Å². The monoisotopic (exact) mass is 296 g/mol. The Hall–Kier alpha value is -0.840. The van der Waals surface area contributed by atoms with Crippen molar-refractivity contribution >= 4 is 38.3 Å². The van der Waals surface area contributed by atoms with E-state index in [1.54, 1.807) is 11.3 Å². The highest BCUT2D eigenvalue weighted by Gasteiger charge is 2.14. The molecule has 0 atom stereocenters. The summed E-state index contributed by atoms with van der Waals surface area (Å²) in [4.78, 5) is 4.52. The first-order valence-electron chi connectivity index (χ1n) is 6.73. The molecule has 0 saturated heterocycles. The van der Waals surface area contributed by atoms with Crippen LogP contribution in [-0.2, 0) is 4.74 Å². The van der Waals surface area contributed by atoms with Crippen LogP contribution >= 0.6 is 22.9 Å².